The van der Waals surface area contributed by atoms with Crippen molar-refractivity contribution in [3.8, 4) is 0 Å². The highest BCUT2D eigenvalue weighted by Gasteiger charge is 1.97. The van der Waals surface area contributed by atoms with E-state index in [0.717, 1.165) is 22.9 Å². The van der Waals surface area contributed by atoms with E-state index < -0.39 is 0 Å². The van der Waals surface area contributed by atoms with Crippen LogP contribution in [0.2, 0.25) is 0 Å². The number of hydrogen-bond donors (Lipinski definition) is 1. The molecule has 0 amide bonds. The first-order valence-corrected chi connectivity index (χ1v) is 5.01. The van der Waals surface area contributed by atoms with E-state index in [1.807, 2.05) is 36.5 Å². The van der Waals surface area contributed by atoms with Crippen molar-refractivity contribution in [3.63, 3.8) is 0 Å². The third-order valence-electron chi connectivity index (χ3n) is 2.27. The second kappa shape index (κ2) is 5.00. The van der Waals surface area contributed by atoms with Crippen LogP contribution in [0, 0.1) is 0 Å². The number of nitrogens with one attached hydrogen (secondary N) is 1. The number of aromatic amines is 1. The normalized spacial score (nSPS) is 10.8. The number of H-pyrrole nitrogens is 1. The van der Waals surface area contributed by atoms with Crippen molar-refractivity contribution in [2.24, 2.45) is 5.11 Å². The number of hydrogen-bond acceptors (Lipinski definition) is 2. The Labute approximate surface area is 92.4 Å². The summed E-state index contributed by atoms with van der Waals surface area (Å²) in [6, 6.07) is 6.00. The van der Waals surface area contributed by atoms with Gasteiger partial charge < -0.3 is 0 Å². The van der Waals surface area contributed by atoms with E-state index in [4.69, 9.17) is 5.53 Å². The van der Waals surface area contributed by atoms with Crippen LogP contribution in [0.25, 0.3) is 27.4 Å². The Morgan fingerprint density at radius 1 is 1.50 bits per heavy atom. The standard InChI is InChI=1S/C11H11N5/c12-16-13-7-2-1-4-9-5-3-6-11-10(9)8-14-15-11/h1,3-6,8H,2,7H2,(H,14,15). The summed E-state index contributed by atoms with van der Waals surface area (Å²) in [6.07, 6.45) is 6.57. The number of fused-ring (bicyclic) bond motifs is 1. The van der Waals surface area contributed by atoms with Crippen LogP contribution in [0.4, 0.5) is 0 Å². The highest BCUT2D eigenvalue weighted by molar-refractivity contribution is 5.87. The maximum absolute atomic E-state index is 8.12. The number of rotatable bonds is 4. The third-order valence-corrected chi connectivity index (χ3v) is 2.27. The Morgan fingerprint density at radius 2 is 2.44 bits per heavy atom. The lowest BCUT2D eigenvalue weighted by atomic mass is 10.1. The van der Waals surface area contributed by atoms with Gasteiger partial charge in [0.25, 0.3) is 0 Å². The molecule has 5 nitrogen and oxygen atoms in total. The zero-order valence-corrected chi connectivity index (χ0v) is 8.67. The van der Waals surface area contributed by atoms with E-state index in [9.17, 15) is 0 Å². The summed E-state index contributed by atoms with van der Waals surface area (Å²) in [4.78, 5) is 2.70. The zero-order chi connectivity index (χ0) is 11.2. The maximum atomic E-state index is 8.12. The van der Waals surface area contributed by atoms with Crippen LogP contribution in [0.3, 0.4) is 0 Å². The van der Waals surface area contributed by atoms with Gasteiger partial charge in [-0.15, -0.1) is 0 Å². The maximum Gasteiger partial charge on any atom is 0.0656 e. The van der Waals surface area contributed by atoms with Crippen LogP contribution in [0.15, 0.2) is 35.6 Å². The van der Waals surface area contributed by atoms with Gasteiger partial charge in [-0.2, -0.15) is 5.10 Å². The Morgan fingerprint density at radius 3 is 3.31 bits per heavy atom. The van der Waals surface area contributed by atoms with Crippen molar-refractivity contribution in [2.75, 3.05) is 6.54 Å². The van der Waals surface area contributed by atoms with Crippen molar-refractivity contribution in [3.05, 3.63) is 46.5 Å². The monoisotopic (exact) mass is 213 g/mol. The zero-order valence-electron chi connectivity index (χ0n) is 8.67. The minimum Gasteiger partial charge on any atom is -0.278 e. The van der Waals surface area contributed by atoms with E-state index in [2.05, 4.69) is 20.2 Å². The Balaban J connectivity index is 2.14. The first kappa shape index (κ1) is 10.3. The molecule has 5 heteroatoms. The topological polar surface area (TPSA) is 77.4 Å². The van der Waals surface area contributed by atoms with Crippen LogP contribution in [0.5, 0.6) is 0 Å². The molecule has 0 fully saturated rings. The molecule has 0 spiro atoms. The largest absolute Gasteiger partial charge is 0.278 e. The Bertz CT molecular complexity index is 548. The van der Waals surface area contributed by atoms with Gasteiger partial charge in [0.15, 0.2) is 0 Å². The summed E-state index contributed by atoms with van der Waals surface area (Å²) in [6.45, 7) is 0.494. The summed E-state index contributed by atoms with van der Waals surface area (Å²) >= 11 is 0. The van der Waals surface area contributed by atoms with Crippen LogP contribution in [-0.2, 0) is 0 Å². The van der Waals surface area contributed by atoms with Gasteiger partial charge in [0, 0.05) is 16.8 Å². The van der Waals surface area contributed by atoms with Crippen molar-refractivity contribution in [1.29, 1.82) is 0 Å². The molecule has 0 aliphatic rings. The molecule has 1 N–H and O–H groups in total. The molecule has 2 aromatic rings. The van der Waals surface area contributed by atoms with E-state index in [1.54, 1.807) is 0 Å². The lowest BCUT2D eigenvalue weighted by molar-refractivity contribution is 0.996. The molecular weight excluding hydrogens is 202 g/mol. The van der Waals surface area contributed by atoms with Crippen molar-refractivity contribution in [2.45, 2.75) is 6.42 Å². The predicted molar refractivity (Wildman–Crippen MR) is 63.8 cm³/mol. The molecular formula is C11H11N5. The molecule has 0 aliphatic carbocycles. The van der Waals surface area contributed by atoms with Crippen LogP contribution < -0.4 is 0 Å². The van der Waals surface area contributed by atoms with Crippen molar-refractivity contribution >= 4 is 17.0 Å². The molecule has 0 unspecified atom stereocenters. The van der Waals surface area contributed by atoms with E-state index in [-0.39, 0.29) is 0 Å². The van der Waals surface area contributed by atoms with Gasteiger partial charge in [-0.1, -0.05) is 29.4 Å². The van der Waals surface area contributed by atoms with Crippen molar-refractivity contribution < 1.29 is 0 Å². The molecule has 2 rings (SSSR count). The van der Waals surface area contributed by atoms with E-state index in [1.165, 1.54) is 0 Å². The average molecular weight is 213 g/mol. The molecule has 1 aromatic heterocycles. The molecule has 0 saturated carbocycles. The van der Waals surface area contributed by atoms with Gasteiger partial charge in [0.1, 0.15) is 0 Å². The first-order chi connectivity index (χ1) is 7.92. The summed E-state index contributed by atoms with van der Waals surface area (Å²) in [5, 5.41) is 11.5. The number of azide groups is 1. The smallest absolute Gasteiger partial charge is 0.0656 e. The second-order valence-electron chi connectivity index (χ2n) is 3.32. The number of benzene rings is 1. The minimum atomic E-state index is 0.494. The fraction of sp³-hybridized carbons (Fsp3) is 0.182. The number of aromatic nitrogens is 2. The summed E-state index contributed by atoms with van der Waals surface area (Å²) in [5.74, 6) is 0. The van der Waals surface area contributed by atoms with Gasteiger partial charge in [0.2, 0.25) is 0 Å². The predicted octanol–water partition coefficient (Wildman–Crippen LogP) is 3.28. The summed E-state index contributed by atoms with van der Waals surface area (Å²) in [5.41, 5.74) is 10.3. The fourth-order valence-electron chi connectivity index (χ4n) is 1.52. The SMILES string of the molecule is [N-]=[N+]=NCCC=Cc1cccc2[nH]ncc12. The third kappa shape index (κ3) is 2.21. The van der Waals surface area contributed by atoms with E-state index in [0.29, 0.717) is 6.54 Å². The fourth-order valence-corrected chi connectivity index (χ4v) is 1.52. The highest BCUT2D eigenvalue weighted by Crippen LogP contribution is 2.17. The van der Waals surface area contributed by atoms with Gasteiger partial charge >= 0.3 is 0 Å². The Kier molecular flexibility index (Phi) is 3.21. The van der Waals surface area contributed by atoms with Gasteiger partial charge in [-0.3, -0.25) is 5.10 Å². The van der Waals surface area contributed by atoms with Gasteiger partial charge in [-0.25, -0.2) is 0 Å². The average Bonchev–Trinajstić information content (AvgIpc) is 2.77. The molecule has 16 heavy (non-hydrogen) atoms. The first-order valence-electron chi connectivity index (χ1n) is 5.01. The molecule has 80 valence electrons. The van der Waals surface area contributed by atoms with Crippen LogP contribution >= 0.6 is 0 Å². The lowest BCUT2D eigenvalue weighted by Crippen LogP contribution is -1.76. The molecule has 1 aromatic carbocycles. The lowest BCUT2D eigenvalue weighted by Gasteiger charge is -1.94. The van der Waals surface area contributed by atoms with Crippen LogP contribution in [0.1, 0.15) is 12.0 Å². The van der Waals surface area contributed by atoms with Crippen molar-refractivity contribution in [1.82, 2.24) is 10.2 Å². The van der Waals surface area contributed by atoms with Gasteiger partial charge in [0.05, 0.1) is 11.7 Å². The van der Waals surface area contributed by atoms with Crippen LogP contribution in [-0.4, -0.2) is 16.7 Å². The number of nitrogens with zero attached hydrogens (tertiary/aromatic N) is 4. The Hall–Kier alpha value is -2.26. The summed E-state index contributed by atoms with van der Waals surface area (Å²) in [7, 11) is 0. The minimum absolute atomic E-state index is 0.494. The molecule has 0 saturated heterocycles. The molecule has 1 heterocycles. The molecule has 0 atom stereocenters. The highest BCUT2D eigenvalue weighted by atomic mass is 15.1. The van der Waals surface area contributed by atoms with Gasteiger partial charge in [-0.05, 0) is 23.6 Å². The second-order valence-corrected chi connectivity index (χ2v) is 3.32. The quantitative estimate of drug-likeness (QED) is 0.359. The summed E-state index contributed by atoms with van der Waals surface area (Å²) < 4.78 is 0. The molecule has 0 radical (unpaired) electrons. The van der Waals surface area contributed by atoms with E-state index >= 15 is 0 Å². The molecule has 0 bridgehead atoms. The molecule has 0 aliphatic heterocycles.